The van der Waals surface area contributed by atoms with Gasteiger partial charge in [0, 0.05) is 21.9 Å². The van der Waals surface area contributed by atoms with Gasteiger partial charge in [0.2, 0.25) is 0 Å². The zero-order valence-corrected chi connectivity index (χ0v) is 12.4. The van der Waals surface area contributed by atoms with Gasteiger partial charge in [-0.3, -0.25) is 0 Å². The maximum absolute atomic E-state index is 3.51. The van der Waals surface area contributed by atoms with Gasteiger partial charge < -0.3 is 5.32 Å². The summed E-state index contributed by atoms with van der Waals surface area (Å²) in [7, 11) is 0. The lowest BCUT2D eigenvalue weighted by atomic mass is 10.1. The standard InChI is InChI=1S/C14H16BrNS/c1-10(2)16-8-11-6-14(17-9-11)12-4-3-5-13(15)7-12/h3-7,9-10,16H,8H2,1-2H3. The first-order valence-electron chi connectivity index (χ1n) is 5.72. The lowest BCUT2D eigenvalue weighted by Crippen LogP contribution is -2.21. The predicted molar refractivity (Wildman–Crippen MR) is 79.4 cm³/mol. The highest BCUT2D eigenvalue weighted by Crippen LogP contribution is 2.29. The van der Waals surface area contributed by atoms with Gasteiger partial charge in [0.25, 0.3) is 0 Å². The molecule has 17 heavy (non-hydrogen) atoms. The molecular weight excluding hydrogens is 294 g/mol. The molecule has 0 aliphatic heterocycles. The Hall–Kier alpha value is -0.640. The van der Waals surface area contributed by atoms with Gasteiger partial charge in [0.1, 0.15) is 0 Å². The van der Waals surface area contributed by atoms with Gasteiger partial charge in [-0.05, 0) is 34.7 Å². The average Bonchev–Trinajstić information content (AvgIpc) is 2.75. The van der Waals surface area contributed by atoms with Crippen molar-refractivity contribution in [3.8, 4) is 10.4 Å². The molecule has 1 heterocycles. The van der Waals surface area contributed by atoms with E-state index >= 15 is 0 Å². The topological polar surface area (TPSA) is 12.0 Å². The van der Waals surface area contributed by atoms with Crippen LogP contribution in [-0.4, -0.2) is 6.04 Å². The van der Waals surface area contributed by atoms with Gasteiger partial charge in [-0.1, -0.05) is 41.9 Å². The van der Waals surface area contributed by atoms with Crippen molar-refractivity contribution < 1.29 is 0 Å². The number of halogens is 1. The molecule has 0 amide bonds. The van der Waals surface area contributed by atoms with E-state index in [0.717, 1.165) is 11.0 Å². The van der Waals surface area contributed by atoms with Gasteiger partial charge in [-0.2, -0.15) is 0 Å². The van der Waals surface area contributed by atoms with Gasteiger partial charge in [0.05, 0.1) is 0 Å². The molecule has 3 heteroatoms. The van der Waals surface area contributed by atoms with Crippen LogP contribution in [0.15, 0.2) is 40.2 Å². The van der Waals surface area contributed by atoms with Crippen molar-refractivity contribution in [1.82, 2.24) is 5.32 Å². The molecule has 2 aromatic rings. The maximum Gasteiger partial charge on any atom is 0.0346 e. The molecule has 1 aromatic heterocycles. The summed E-state index contributed by atoms with van der Waals surface area (Å²) in [4.78, 5) is 1.33. The minimum absolute atomic E-state index is 0.532. The van der Waals surface area contributed by atoms with Crippen LogP contribution in [0.25, 0.3) is 10.4 Å². The van der Waals surface area contributed by atoms with Crippen molar-refractivity contribution in [2.45, 2.75) is 26.4 Å². The van der Waals surface area contributed by atoms with Crippen molar-refractivity contribution in [3.63, 3.8) is 0 Å². The predicted octanol–water partition coefficient (Wildman–Crippen LogP) is 4.68. The van der Waals surface area contributed by atoms with Crippen LogP contribution in [0.3, 0.4) is 0 Å². The molecule has 0 unspecified atom stereocenters. The van der Waals surface area contributed by atoms with E-state index in [4.69, 9.17) is 0 Å². The summed E-state index contributed by atoms with van der Waals surface area (Å²) in [6.07, 6.45) is 0. The van der Waals surface area contributed by atoms with Crippen LogP contribution in [0.5, 0.6) is 0 Å². The number of benzene rings is 1. The molecule has 0 saturated carbocycles. The molecule has 0 aliphatic carbocycles. The van der Waals surface area contributed by atoms with E-state index < -0.39 is 0 Å². The van der Waals surface area contributed by atoms with Crippen molar-refractivity contribution in [2.24, 2.45) is 0 Å². The molecule has 90 valence electrons. The number of rotatable bonds is 4. The first-order chi connectivity index (χ1) is 8.15. The Morgan fingerprint density at radius 3 is 2.82 bits per heavy atom. The molecule has 0 aliphatic rings. The normalized spacial score (nSPS) is 11.1. The average molecular weight is 310 g/mol. The van der Waals surface area contributed by atoms with Crippen molar-refractivity contribution in [2.75, 3.05) is 0 Å². The molecule has 0 spiro atoms. The smallest absolute Gasteiger partial charge is 0.0346 e. The molecule has 1 nitrogen and oxygen atoms in total. The van der Waals surface area contributed by atoms with E-state index in [2.05, 4.69) is 70.8 Å². The lowest BCUT2D eigenvalue weighted by molar-refractivity contribution is 0.590. The number of nitrogens with one attached hydrogen (secondary N) is 1. The van der Waals surface area contributed by atoms with Crippen molar-refractivity contribution >= 4 is 27.3 Å². The second-order valence-corrected chi connectivity index (χ2v) is 6.19. The van der Waals surface area contributed by atoms with E-state index in [0.29, 0.717) is 6.04 Å². The first kappa shape index (κ1) is 12.8. The SMILES string of the molecule is CC(C)NCc1csc(-c2cccc(Br)c2)c1. The quantitative estimate of drug-likeness (QED) is 0.865. The van der Waals surface area contributed by atoms with Gasteiger partial charge in [0.15, 0.2) is 0 Å². The van der Waals surface area contributed by atoms with Gasteiger partial charge in [-0.25, -0.2) is 0 Å². The third-order valence-electron chi connectivity index (χ3n) is 2.48. The second-order valence-electron chi connectivity index (χ2n) is 4.37. The Morgan fingerprint density at radius 1 is 1.29 bits per heavy atom. The summed E-state index contributed by atoms with van der Waals surface area (Å²) in [5.74, 6) is 0. The van der Waals surface area contributed by atoms with Crippen LogP contribution in [-0.2, 0) is 6.54 Å². The van der Waals surface area contributed by atoms with E-state index in [1.165, 1.54) is 16.0 Å². The number of hydrogen-bond donors (Lipinski definition) is 1. The van der Waals surface area contributed by atoms with Crippen LogP contribution in [0.1, 0.15) is 19.4 Å². The summed E-state index contributed by atoms with van der Waals surface area (Å²) in [5, 5.41) is 5.66. The molecule has 1 aromatic carbocycles. The van der Waals surface area contributed by atoms with Crippen LogP contribution < -0.4 is 5.32 Å². The third kappa shape index (κ3) is 3.66. The fourth-order valence-electron chi connectivity index (χ4n) is 1.58. The highest BCUT2D eigenvalue weighted by Gasteiger charge is 2.03. The molecule has 1 N–H and O–H groups in total. The highest BCUT2D eigenvalue weighted by atomic mass is 79.9. The van der Waals surface area contributed by atoms with E-state index in [-0.39, 0.29) is 0 Å². The van der Waals surface area contributed by atoms with Crippen molar-refractivity contribution in [3.05, 3.63) is 45.7 Å². The minimum Gasteiger partial charge on any atom is -0.310 e. The zero-order chi connectivity index (χ0) is 12.3. The Morgan fingerprint density at radius 2 is 2.12 bits per heavy atom. The Balaban J connectivity index is 2.12. The molecule has 0 fully saturated rings. The Bertz CT molecular complexity index is 490. The second kappa shape index (κ2) is 5.80. The van der Waals surface area contributed by atoms with Crippen LogP contribution in [0.4, 0.5) is 0 Å². The van der Waals surface area contributed by atoms with Crippen molar-refractivity contribution in [1.29, 1.82) is 0 Å². The van der Waals surface area contributed by atoms with Crippen LogP contribution in [0, 0.1) is 0 Å². The maximum atomic E-state index is 3.51. The monoisotopic (exact) mass is 309 g/mol. The molecule has 2 rings (SSSR count). The fourth-order valence-corrected chi connectivity index (χ4v) is 2.89. The van der Waals surface area contributed by atoms with E-state index in [9.17, 15) is 0 Å². The van der Waals surface area contributed by atoms with E-state index in [1.54, 1.807) is 11.3 Å². The summed E-state index contributed by atoms with van der Waals surface area (Å²) < 4.78 is 1.13. The van der Waals surface area contributed by atoms with Gasteiger partial charge >= 0.3 is 0 Å². The summed E-state index contributed by atoms with van der Waals surface area (Å²) in [6, 6.07) is 11.2. The highest BCUT2D eigenvalue weighted by molar-refractivity contribution is 9.10. The largest absolute Gasteiger partial charge is 0.310 e. The third-order valence-corrected chi connectivity index (χ3v) is 4.00. The zero-order valence-electron chi connectivity index (χ0n) is 10.0. The summed E-state index contributed by atoms with van der Waals surface area (Å²) in [5.41, 5.74) is 2.64. The Kier molecular flexibility index (Phi) is 4.37. The fraction of sp³-hybridized carbons (Fsp3) is 0.286. The minimum atomic E-state index is 0.532. The molecule has 0 radical (unpaired) electrons. The van der Waals surface area contributed by atoms with Crippen LogP contribution >= 0.6 is 27.3 Å². The first-order valence-corrected chi connectivity index (χ1v) is 7.39. The van der Waals surface area contributed by atoms with Gasteiger partial charge in [-0.15, -0.1) is 11.3 Å². The molecular formula is C14H16BrNS. The summed E-state index contributed by atoms with van der Waals surface area (Å²) >= 11 is 5.31. The number of thiophene rings is 1. The van der Waals surface area contributed by atoms with E-state index in [1.807, 2.05) is 0 Å². The van der Waals surface area contributed by atoms with Crippen LogP contribution in [0.2, 0.25) is 0 Å². The summed E-state index contributed by atoms with van der Waals surface area (Å²) in [6.45, 7) is 5.28. The molecule has 0 saturated heterocycles. The number of hydrogen-bond acceptors (Lipinski definition) is 2. The lowest BCUT2D eigenvalue weighted by Gasteiger charge is -2.05. The molecule has 0 bridgehead atoms. The Labute approximate surface area is 115 Å². The molecule has 0 atom stereocenters.